The zero-order chi connectivity index (χ0) is 19.2. The van der Waals surface area contributed by atoms with E-state index in [1.807, 2.05) is 19.9 Å². The zero-order valence-corrected chi connectivity index (χ0v) is 14.2. The van der Waals surface area contributed by atoms with Gasteiger partial charge in [0.2, 0.25) is 5.91 Å². The van der Waals surface area contributed by atoms with Gasteiger partial charge in [0.25, 0.3) is 0 Å². The first kappa shape index (κ1) is 18.2. The van der Waals surface area contributed by atoms with Crippen LogP contribution in [0.2, 0.25) is 0 Å². The van der Waals surface area contributed by atoms with E-state index in [2.05, 4.69) is 5.32 Å². The Kier molecular flexibility index (Phi) is 4.42. The van der Waals surface area contributed by atoms with Gasteiger partial charge in [0.1, 0.15) is 0 Å². The number of carboxylic acid groups (broad SMARTS) is 1. The van der Waals surface area contributed by atoms with E-state index in [0.29, 0.717) is 0 Å². The van der Waals surface area contributed by atoms with Gasteiger partial charge in [-0.15, -0.1) is 0 Å². The molecule has 0 aliphatic heterocycles. The molecule has 26 heavy (non-hydrogen) atoms. The molecule has 1 aromatic rings. The van der Waals surface area contributed by atoms with Crippen molar-refractivity contribution < 1.29 is 27.9 Å². The van der Waals surface area contributed by atoms with Crippen molar-refractivity contribution in [2.45, 2.75) is 20.0 Å². The van der Waals surface area contributed by atoms with Crippen LogP contribution in [0.4, 0.5) is 18.9 Å². The Bertz CT molecular complexity index is 822. The number of allylic oxidation sites excluding steroid dienone is 4. The Balaban J connectivity index is 1.89. The summed E-state index contributed by atoms with van der Waals surface area (Å²) in [5.41, 5.74) is 1.01. The van der Waals surface area contributed by atoms with Crippen LogP contribution < -0.4 is 5.32 Å². The third-order valence-electron chi connectivity index (χ3n) is 5.03. The van der Waals surface area contributed by atoms with E-state index in [0.717, 1.165) is 23.3 Å². The number of hydrogen-bond donors (Lipinski definition) is 2. The highest BCUT2D eigenvalue weighted by atomic mass is 19.4. The molecule has 3 rings (SSSR count). The highest BCUT2D eigenvalue weighted by Gasteiger charge is 2.54. The van der Waals surface area contributed by atoms with E-state index >= 15 is 0 Å². The fraction of sp³-hybridized carbons (Fsp3) is 0.368. The van der Waals surface area contributed by atoms with Crippen LogP contribution in [0.25, 0.3) is 0 Å². The van der Waals surface area contributed by atoms with Crippen LogP contribution in [-0.4, -0.2) is 17.0 Å². The number of benzene rings is 1. The fourth-order valence-electron chi connectivity index (χ4n) is 4.04. The summed E-state index contributed by atoms with van der Waals surface area (Å²) in [5.74, 6) is -4.10. The molecule has 7 heteroatoms. The second-order valence-electron chi connectivity index (χ2n) is 6.85. The molecular formula is C19H18F3NO3. The largest absolute Gasteiger partial charge is 0.481 e. The van der Waals surface area contributed by atoms with Crippen LogP contribution in [0.1, 0.15) is 19.4 Å². The monoisotopic (exact) mass is 365 g/mol. The van der Waals surface area contributed by atoms with E-state index in [1.54, 1.807) is 6.08 Å². The van der Waals surface area contributed by atoms with Gasteiger partial charge in [0, 0.05) is 17.5 Å². The van der Waals surface area contributed by atoms with Crippen LogP contribution in [0, 0.1) is 23.7 Å². The molecule has 0 saturated heterocycles. The highest BCUT2D eigenvalue weighted by Crippen LogP contribution is 2.53. The summed E-state index contributed by atoms with van der Waals surface area (Å²) in [5, 5.41) is 12.1. The first-order chi connectivity index (χ1) is 12.1. The van der Waals surface area contributed by atoms with Crippen LogP contribution in [0.15, 0.2) is 47.6 Å². The lowest BCUT2D eigenvalue weighted by atomic mass is 9.82. The first-order valence-electron chi connectivity index (χ1n) is 8.17. The number of amides is 1. The molecule has 4 nitrogen and oxygen atoms in total. The summed E-state index contributed by atoms with van der Waals surface area (Å²) in [6.07, 6.45) is -0.891. The van der Waals surface area contributed by atoms with Gasteiger partial charge in [0.15, 0.2) is 0 Å². The van der Waals surface area contributed by atoms with Gasteiger partial charge in [-0.2, -0.15) is 13.2 Å². The molecule has 0 radical (unpaired) electrons. The van der Waals surface area contributed by atoms with Crippen molar-refractivity contribution in [3.63, 3.8) is 0 Å². The quantitative estimate of drug-likeness (QED) is 0.792. The van der Waals surface area contributed by atoms with Crippen molar-refractivity contribution in [3.05, 3.63) is 53.1 Å². The Hall–Kier alpha value is -2.57. The molecule has 1 saturated carbocycles. The highest BCUT2D eigenvalue weighted by molar-refractivity contribution is 5.97. The molecule has 0 aromatic heterocycles. The number of carbonyl (C=O) groups excluding carboxylic acids is 1. The SMILES string of the molecule is CC(C)=C1C2C=CC1C(C(=O)Nc1cccc(C(F)(F)F)c1)C2C(=O)O. The van der Waals surface area contributed by atoms with Crippen LogP contribution >= 0.6 is 0 Å². The second kappa shape index (κ2) is 6.30. The maximum absolute atomic E-state index is 12.8. The number of hydrogen-bond acceptors (Lipinski definition) is 2. The Morgan fingerprint density at radius 1 is 1.08 bits per heavy atom. The molecule has 4 unspecified atom stereocenters. The van der Waals surface area contributed by atoms with Gasteiger partial charge in [-0.3, -0.25) is 9.59 Å². The maximum Gasteiger partial charge on any atom is 0.416 e. The lowest BCUT2D eigenvalue weighted by Crippen LogP contribution is -2.36. The Morgan fingerprint density at radius 3 is 2.23 bits per heavy atom. The van der Waals surface area contributed by atoms with E-state index < -0.39 is 35.5 Å². The minimum Gasteiger partial charge on any atom is -0.481 e. The van der Waals surface area contributed by atoms with E-state index in [-0.39, 0.29) is 17.5 Å². The van der Waals surface area contributed by atoms with Gasteiger partial charge in [0.05, 0.1) is 17.4 Å². The number of rotatable bonds is 3. The number of nitrogens with one attached hydrogen (secondary N) is 1. The average molecular weight is 365 g/mol. The van der Waals surface area contributed by atoms with Crippen LogP contribution in [0.3, 0.4) is 0 Å². The summed E-state index contributed by atoms with van der Waals surface area (Å²) in [4.78, 5) is 24.5. The Labute approximate surface area is 148 Å². The van der Waals surface area contributed by atoms with E-state index in [1.165, 1.54) is 12.1 Å². The molecule has 1 amide bonds. The van der Waals surface area contributed by atoms with Gasteiger partial charge in [-0.05, 0) is 32.0 Å². The van der Waals surface area contributed by atoms with Crippen molar-refractivity contribution >= 4 is 17.6 Å². The molecule has 138 valence electrons. The lowest BCUT2D eigenvalue weighted by Gasteiger charge is -2.23. The average Bonchev–Trinajstić information content (AvgIpc) is 3.10. The van der Waals surface area contributed by atoms with Gasteiger partial charge in [-0.1, -0.05) is 29.4 Å². The number of carbonyl (C=O) groups is 2. The summed E-state index contributed by atoms with van der Waals surface area (Å²) >= 11 is 0. The second-order valence-corrected chi connectivity index (χ2v) is 6.85. The summed E-state index contributed by atoms with van der Waals surface area (Å²) in [6.45, 7) is 3.74. The molecular weight excluding hydrogens is 347 g/mol. The summed E-state index contributed by atoms with van der Waals surface area (Å²) in [6, 6.07) is 4.32. The molecule has 0 heterocycles. The zero-order valence-electron chi connectivity index (χ0n) is 14.2. The minimum absolute atomic E-state index is 0.000494. The lowest BCUT2D eigenvalue weighted by molar-refractivity contribution is -0.146. The van der Waals surface area contributed by atoms with Gasteiger partial charge in [-0.25, -0.2) is 0 Å². The van der Waals surface area contributed by atoms with Crippen LogP contribution in [-0.2, 0) is 15.8 Å². The number of fused-ring (bicyclic) bond motifs is 2. The molecule has 1 aromatic carbocycles. The topological polar surface area (TPSA) is 66.4 Å². The standard InChI is InChI=1S/C19H18F3NO3/c1-9(2)14-12-6-7-13(14)16(18(25)26)15(12)17(24)23-11-5-3-4-10(8-11)19(20,21)22/h3-8,12-13,15-16H,1-2H3,(H,23,24)(H,25,26). The number of aliphatic carboxylic acids is 1. The van der Waals surface area contributed by atoms with Crippen LogP contribution in [0.5, 0.6) is 0 Å². The number of alkyl halides is 3. The molecule has 2 aliphatic carbocycles. The van der Waals surface area contributed by atoms with Crippen molar-refractivity contribution in [2.24, 2.45) is 23.7 Å². The minimum atomic E-state index is -4.52. The fourth-order valence-corrected chi connectivity index (χ4v) is 4.04. The third kappa shape index (κ3) is 3.02. The molecule has 4 atom stereocenters. The maximum atomic E-state index is 12.8. The number of halogens is 3. The van der Waals surface area contributed by atoms with Crippen molar-refractivity contribution in [3.8, 4) is 0 Å². The first-order valence-corrected chi connectivity index (χ1v) is 8.17. The molecule has 0 spiro atoms. The predicted molar refractivity (Wildman–Crippen MR) is 89.2 cm³/mol. The molecule has 1 fully saturated rings. The molecule has 2 bridgehead atoms. The molecule has 2 aliphatic rings. The third-order valence-corrected chi connectivity index (χ3v) is 5.03. The van der Waals surface area contributed by atoms with Crippen molar-refractivity contribution in [2.75, 3.05) is 5.32 Å². The predicted octanol–water partition coefficient (Wildman–Crippen LogP) is 4.11. The number of carboxylic acids is 1. The normalized spacial score (nSPS) is 26.9. The Morgan fingerprint density at radius 2 is 1.69 bits per heavy atom. The van der Waals surface area contributed by atoms with E-state index in [9.17, 15) is 27.9 Å². The van der Waals surface area contributed by atoms with Gasteiger partial charge >= 0.3 is 12.1 Å². The molecule has 2 N–H and O–H groups in total. The van der Waals surface area contributed by atoms with Gasteiger partial charge < -0.3 is 10.4 Å². The summed E-state index contributed by atoms with van der Waals surface area (Å²) < 4.78 is 38.5. The van der Waals surface area contributed by atoms with E-state index in [4.69, 9.17) is 0 Å². The van der Waals surface area contributed by atoms with Crippen molar-refractivity contribution in [1.29, 1.82) is 0 Å². The number of anilines is 1. The smallest absolute Gasteiger partial charge is 0.416 e. The van der Waals surface area contributed by atoms with Crippen molar-refractivity contribution in [1.82, 2.24) is 0 Å². The summed E-state index contributed by atoms with van der Waals surface area (Å²) in [7, 11) is 0.